The summed E-state index contributed by atoms with van der Waals surface area (Å²) in [5.74, 6) is -6.77. The topological polar surface area (TPSA) is 67.2 Å². The van der Waals surface area contributed by atoms with Gasteiger partial charge in [-0.25, -0.2) is 22.5 Å². The lowest BCUT2D eigenvalue weighted by molar-refractivity contribution is -0.146. The highest BCUT2D eigenvalue weighted by atomic mass is 19.4. The zero-order chi connectivity index (χ0) is 26.5. The molecule has 1 aromatic carbocycles. The maximum Gasteiger partial charge on any atom is 0.391 e. The molecule has 188 valence electrons. The quantitative estimate of drug-likeness (QED) is 0.521. The number of hydrogen-bond acceptors (Lipinski definition) is 4. The number of alkyl halides is 3. The number of benzene rings is 1. The van der Waals surface area contributed by atoms with Gasteiger partial charge in [-0.1, -0.05) is 0 Å². The van der Waals surface area contributed by atoms with Gasteiger partial charge < -0.3 is 10.2 Å². The largest absolute Gasteiger partial charge is 0.391 e. The zero-order valence-electron chi connectivity index (χ0n) is 18.8. The molecular weight excluding hydrogens is 485 g/mol. The van der Waals surface area contributed by atoms with E-state index in [1.165, 1.54) is 19.0 Å². The van der Waals surface area contributed by atoms with Gasteiger partial charge in [-0.05, 0) is 19.9 Å². The molecule has 2 heterocycles. The summed E-state index contributed by atoms with van der Waals surface area (Å²) in [6.45, 7) is 2.11. The second-order valence-corrected chi connectivity index (χ2v) is 8.65. The number of carbonyl (C=O) groups is 1. The molecule has 0 aliphatic carbocycles. The molecule has 0 spiro atoms. The Bertz CT molecular complexity index is 1360. The summed E-state index contributed by atoms with van der Waals surface area (Å²) in [5, 5.41) is 1.47. The van der Waals surface area contributed by atoms with Crippen molar-refractivity contribution < 1.29 is 35.5 Å². The van der Waals surface area contributed by atoms with Crippen molar-refractivity contribution in [2.45, 2.75) is 32.0 Å². The Hall–Kier alpha value is -3.64. The first-order valence-electron chi connectivity index (χ1n) is 9.98. The van der Waals surface area contributed by atoms with Crippen LogP contribution in [0.1, 0.15) is 30.6 Å². The number of fused-ring (bicyclic) bond motifs is 1. The van der Waals surface area contributed by atoms with Gasteiger partial charge in [-0.15, -0.1) is 0 Å². The van der Waals surface area contributed by atoms with Gasteiger partial charge in [-0.2, -0.15) is 13.2 Å². The van der Waals surface area contributed by atoms with Crippen molar-refractivity contribution in [1.29, 1.82) is 0 Å². The van der Waals surface area contributed by atoms with E-state index in [1.54, 1.807) is 0 Å². The lowest BCUT2D eigenvalue weighted by atomic mass is 9.99. The van der Waals surface area contributed by atoms with Crippen LogP contribution in [0.15, 0.2) is 29.2 Å². The molecule has 0 aliphatic heterocycles. The SMILES string of the molecule is CN(C)c1nc2c(cc1F)c(=O)c(C(=O)NC(C)(C)CC(F)(F)F)cn2-c1c(F)cc(F)cc1F. The van der Waals surface area contributed by atoms with Crippen LogP contribution in [0, 0.1) is 23.3 Å². The molecule has 1 N–H and O–H groups in total. The fraction of sp³-hybridized carbons (Fsp3) is 0.318. The van der Waals surface area contributed by atoms with Gasteiger partial charge in [0.1, 0.15) is 17.1 Å². The number of pyridine rings is 2. The minimum atomic E-state index is -4.66. The van der Waals surface area contributed by atoms with E-state index in [9.17, 15) is 40.3 Å². The van der Waals surface area contributed by atoms with E-state index in [0.717, 1.165) is 13.8 Å². The molecule has 3 aromatic rings. The van der Waals surface area contributed by atoms with Gasteiger partial charge in [0, 0.05) is 38.0 Å². The smallest absolute Gasteiger partial charge is 0.360 e. The Morgan fingerprint density at radius 3 is 2.11 bits per heavy atom. The van der Waals surface area contributed by atoms with Crippen molar-refractivity contribution in [2.75, 3.05) is 19.0 Å². The summed E-state index contributed by atoms with van der Waals surface area (Å²) in [6.07, 6.45) is -5.44. The third-order valence-electron chi connectivity index (χ3n) is 4.90. The third-order valence-corrected chi connectivity index (χ3v) is 4.90. The highest BCUT2D eigenvalue weighted by molar-refractivity contribution is 5.97. The van der Waals surface area contributed by atoms with Crippen molar-refractivity contribution in [3.63, 3.8) is 0 Å². The Morgan fingerprint density at radius 1 is 1.03 bits per heavy atom. The van der Waals surface area contributed by atoms with Gasteiger partial charge in [0.15, 0.2) is 28.9 Å². The average Bonchev–Trinajstić information content (AvgIpc) is 2.66. The van der Waals surface area contributed by atoms with E-state index < -0.39 is 75.0 Å². The number of hydrogen-bond donors (Lipinski definition) is 1. The molecule has 0 atom stereocenters. The molecule has 0 aliphatic rings. The molecule has 35 heavy (non-hydrogen) atoms. The van der Waals surface area contributed by atoms with E-state index in [0.29, 0.717) is 29.0 Å². The van der Waals surface area contributed by atoms with Crippen molar-refractivity contribution in [1.82, 2.24) is 14.9 Å². The van der Waals surface area contributed by atoms with Crippen LogP contribution in [0.2, 0.25) is 0 Å². The highest BCUT2D eigenvalue weighted by Gasteiger charge is 2.38. The van der Waals surface area contributed by atoms with E-state index in [2.05, 4.69) is 10.3 Å². The van der Waals surface area contributed by atoms with E-state index >= 15 is 0 Å². The predicted octanol–water partition coefficient (Wildman–Crippen LogP) is 4.47. The van der Waals surface area contributed by atoms with Gasteiger partial charge in [0.25, 0.3) is 5.91 Å². The van der Waals surface area contributed by atoms with Crippen LogP contribution >= 0.6 is 0 Å². The minimum Gasteiger partial charge on any atom is -0.360 e. The Kier molecular flexibility index (Phi) is 6.57. The van der Waals surface area contributed by atoms with Crippen LogP contribution in [0.5, 0.6) is 0 Å². The minimum absolute atomic E-state index is 0.322. The molecular formula is C22H19F7N4O2. The summed E-state index contributed by atoms with van der Waals surface area (Å²) >= 11 is 0. The van der Waals surface area contributed by atoms with Gasteiger partial charge in [-0.3, -0.25) is 14.2 Å². The van der Waals surface area contributed by atoms with Crippen LogP contribution < -0.4 is 15.6 Å². The first-order chi connectivity index (χ1) is 16.0. The number of anilines is 1. The number of aromatic nitrogens is 2. The highest BCUT2D eigenvalue weighted by Crippen LogP contribution is 2.28. The first kappa shape index (κ1) is 26.0. The van der Waals surface area contributed by atoms with Crippen LogP contribution in [0.3, 0.4) is 0 Å². The third kappa shape index (κ3) is 5.38. The molecule has 1 amide bonds. The number of amides is 1. The van der Waals surface area contributed by atoms with Gasteiger partial charge in [0.05, 0.1) is 11.8 Å². The van der Waals surface area contributed by atoms with Gasteiger partial charge in [0.2, 0.25) is 5.43 Å². The molecule has 0 bridgehead atoms. The Labute approximate surface area is 194 Å². The van der Waals surface area contributed by atoms with Crippen molar-refractivity contribution in [3.8, 4) is 5.69 Å². The van der Waals surface area contributed by atoms with Gasteiger partial charge >= 0.3 is 6.18 Å². The molecule has 0 saturated heterocycles. The van der Waals surface area contributed by atoms with E-state index in [1.807, 2.05) is 0 Å². The van der Waals surface area contributed by atoms with Crippen LogP contribution in [-0.2, 0) is 0 Å². The van der Waals surface area contributed by atoms with Crippen molar-refractivity contribution in [3.05, 3.63) is 63.5 Å². The number of nitrogens with one attached hydrogen (secondary N) is 1. The Morgan fingerprint density at radius 2 is 1.60 bits per heavy atom. The summed E-state index contributed by atoms with van der Waals surface area (Å²) in [7, 11) is 2.81. The monoisotopic (exact) mass is 504 g/mol. The van der Waals surface area contributed by atoms with Crippen molar-refractivity contribution in [2.24, 2.45) is 0 Å². The summed E-state index contributed by atoms with van der Waals surface area (Å²) in [5.41, 5.74) is -5.27. The second-order valence-electron chi connectivity index (χ2n) is 8.65. The number of carbonyl (C=O) groups excluding carboxylic acids is 1. The maximum atomic E-state index is 14.6. The fourth-order valence-corrected chi connectivity index (χ4v) is 3.54. The van der Waals surface area contributed by atoms with Crippen LogP contribution in [-0.4, -0.2) is 41.3 Å². The van der Waals surface area contributed by atoms with Crippen molar-refractivity contribution >= 4 is 22.8 Å². The summed E-state index contributed by atoms with van der Waals surface area (Å²) in [4.78, 5) is 31.0. The molecule has 3 rings (SSSR count). The van der Waals surface area contributed by atoms with E-state index in [4.69, 9.17) is 0 Å². The number of nitrogens with zero attached hydrogens (tertiary/aromatic N) is 3. The normalized spacial score (nSPS) is 12.2. The number of halogens is 7. The molecule has 13 heteroatoms. The van der Waals surface area contributed by atoms with E-state index in [-0.39, 0.29) is 5.82 Å². The van der Waals surface area contributed by atoms with Crippen LogP contribution in [0.4, 0.5) is 36.6 Å². The molecule has 2 aromatic heterocycles. The molecule has 0 saturated carbocycles. The Balaban J connectivity index is 2.33. The summed E-state index contributed by atoms with van der Waals surface area (Å²) in [6, 6.07) is 1.36. The molecule has 0 unspecified atom stereocenters. The second kappa shape index (κ2) is 8.86. The molecule has 6 nitrogen and oxygen atoms in total. The lowest BCUT2D eigenvalue weighted by Gasteiger charge is -2.27. The molecule has 0 fully saturated rings. The first-order valence-corrected chi connectivity index (χ1v) is 9.98. The zero-order valence-corrected chi connectivity index (χ0v) is 18.8. The predicted molar refractivity (Wildman–Crippen MR) is 114 cm³/mol. The molecule has 0 radical (unpaired) electrons. The fourth-order valence-electron chi connectivity index (χ4n) is 3.54. The van der Waals surface area contributed by atoms with Crippen LogP contribution in [0.25, 0.3) is 16.7 Å². The lowest BCUT2D eigenvalue weighted by Crippen LogP contribution is -2.47. The summed E-state index contributed by atoms with van der Waals surface area (Å²) < 4.78 is 96.6. The number of rotatable bonds is 5. The average molecular weight is 504 g/mol. The maximum absolute atomic E-state index is 14.6. The standard InChI is InChI=1S/C22H19F7N4O2/c1-21(2,9-22(27,28)29)31-20(35)12-8-33(16-13(24)5-10(23)6-14(16)25)18-11(17(12)34)7-15(26)19(30-18)32(3)4/h5-8H,9H2,1-4H3,(H,31,35).